The van der Waals surface area contributed by atoms with E-state index in [-0.39, 0.29) is 23.3 Å². The number of amides is 2. The average Bonchev–Trinajstić information content (AvgIpc) is 3.10. The van der Waals surface area contributed by atoms with E-state index in [1.165, 1.54) is 22.7 Å². The summed E-state index contributed by atoms with van der Waals surface area (Å²) < 4.78 is 27.5. The van der Waals surface area contributed by atoms with E-state index in [2.05, 4.69) is 5.32 Å². The van der Waals surface area contributed by atoms with Gasteiger partial charge in [-0.05, 0) is 48.9 Å². The van der Waals surface area contributed by atoms with E-state index >= 15 is 0 Å². The molecule has 0 aliphatic carbocycles. The van der Waals surface area contributed by atoms with Crippen molar-refractivity contribution in [3.8, 4) is 0 Å². The summed E-state index contributed by atoms with van der Waals surface area (Å²) in [6, 6.07) is 17.5. The van der Waals surface area contributed by atoms with E-state index < -0.39 is 17.0 Å². The van der Waals surface area contributed by atoms with Crippen LogP contribution in [-0.4, -0.2) is 17.6 Å². The molecule has 1 N–H and O–H groups in total. The van der Waals surface area contributed by atoms with E-state index in [1.807, 2.05) is 19.1 Å². The molecule has 1 atom stereocenters. The van der Waals surface area contributed by atoms with Gasteiger partial charge in [0.1, 0.15) is 17.0 Å². The lowest BCUT2D eigenvalue weighted by atomic mass is 10.1. The maximum Gasteiger partial charge on any atom is 0.255 e. The highest BCUT2D eigenvalue weighted by Gasteiger charge is 2.35. The number of carbonyl (C=O) groups is 2. The van der Waals surface area contributed by atoms with Crippen molar-refractivity contribution in [3.05, 3.63) is 95.1 Å². The van der Waals surface area contributed by atoms with Crippen molar-refractivity contribution in [2.45, 2.75) is 12.3 Å². The van der Waals surface area contributed by atoms with Gasteiger partial charge < -0.3 is 5.32 Å². The first kappa shape index (κ1) is 20.1. The number of benzene rings is 3. The van der Waals surface area contributed by atoms with Crippen molar-refractivity contribution < 1.29 is 18.4 Å². The molecule has 4 nitrogen and oxygen atoms in total. The van der Waals surface area contributed by atoms with Gasteiger partial charge in [-0.25, -0.2) is 8.78 Å². The average molecular weight is 424 g/mol. The molecule has 1 aliphatic heterocycles. The third-order valence-electron chi connectivity index (χ3n) is 4.80. The van der Waals surface area contributed by atoms with Gasteiger partial charge in [-0.1, -0.05) is 29.8 Å². The molecule has 0 saturated carbocycles. The summed E-state index contributed by atoms with van der Waals surface area (Å²) in [5, 5.41) is 2.40. The summed E-state index contributed by atoms with van der Waals surface area (Å²) in [5.74, 6) is -1.73. The second kappa shape index (κ2) is 8.28. The zero-order valence-electron chi connectivity index (χ0n) is 16.1. The Kier molecular flexibility index (Phi) is 5.55. The SMILES string of the molecule is Cc1ccc(C(=O)Nc2ccc([C@@H]3SCC(=O)N3c3ccc(F)cc3F)cc2)cc1. The summed E-state index contributed by atoms with van der Waals surface area (Å²) >= 11 is 1.37. The van der Waals surface area contributed by atoms with Crippen molar-refractivity contribution in [2.75, 3.05) is 16.0 Å². The lowest BCUT2D eigenvalue weighted by molar-refractivity contribution is -0.115. The van der Waals surface area contributed by atoms with Crippen LogP contribution >= 0.6 is 11.8 Å². The summed E-state index contributed by atoms with van der Waals surface area (Å²) in [6.07, 6.45) is 0. The van der Waals surface area contributed by atoms with Crippen molar-refractivity contribution >= 4 is 35.0 Å². The van der Waals surface area contributed by atoms with Gasteiger partial charge >= 0.3 is 0 Å². The number of hydrogen-bond acceptors (Lipinski definition) is 3. The zero-order chi connectivity index (χ0) is 21.3. The number of nitrogens with zero attached hydrogens (tertiary/aromatic N) is 1. The molecule has 0 aromatic heterocycles. The van der Waals surface area contributed by atoms with Gasteiger partial charge in [-0.15, -0.1) is 11.8 Å². The Hall–Kier alpha value is -3.19. The molecule has 3 aromatic rings. The minimum Gasteiger partial charge on any atom is -0.322 e. The predicted molar refractivity (Wildman–Crippen MR) is 115 cm³/mol. The topological polar surface area (TPSA) is 49.4 Å². The van der Waals surface area contributed by atoms with Gasteiger partial charge in [0, 0.05) is 17.3 Å². The maximum absolute atomic E-state index is 14.3. The molecule has 0 bridgehead atoms. The summed E-state index contributed by atoms with van der Waals surface area (Å²) in [7, 11) is 0. The first-order valence-electron chi connectivity index (χ1n) is 9.29. The van der Waals surface area contributed by atoms with Gasteiger partial charge in [0.25, 0.3) is 5.91 Å². The number of anilines is 2. The van der Waals surface area contributed by atoms with Gasteiger partial charge in [-0.2, -0.15) is 0 Å². The molecular formula is C23H18F2N2O2S. The normalized spacial score (nSPS) is 16.0. The monoisotopic (exact) mass is 424 g/mol. The standard InChI is InChI=1S/C23H18F2N2O2S/c1-14-2-4-15(5-3-14)22(29)26-18-9-6-16(7-10-18)23-27(21(28)13-30-23)20-11-8-17(24)12-19(20)25/h2-12,23H,13H2,1H3,(H,26,29)/t23-/m0/s1. The Bertz CT molecular complexity index is 1100. The highest BCUT2D eigenvalue weighted by molar-refractivity contribution is 8.00. The molecule has 3 aromatic carbocycles. The number of nitrogens with one attached hydrogen (secondary N) is 1. The molecule has 1 aliphatic rings. The van der Waals surface area contributed by atoms with Crippen molar-refractivity contribution in [1.82, 2.24) is 0 Å². The number of rotatable bonds is 4. The Morgan fingerprint density at radius 3 is 2.40 bits per heavy atom. The summed E-state index contributed by atoms with van der Waals surface area (Å²) in [5.41, 5.74) is 3.07. The molecule has 7 heteroatoms. The lowest BCUT2D eigenvalue weighted by Gasteiger charge is -2.25. The van der Waals surface area contributed by atoms with Gasteiger partial charge in [-0.3, -0.25) is 14.5 Å². The third-order valence-corrected chi connectivity index (χ3v) is 6.02. The second-order valence-corrected chi connectivity index (χ2v) is 8.03. The Morgan fingerprint density at radius 2 is 1.73 bits per heavy atom. The molecule has 30 heavy (non-hydrogen) atoms. The summed E-state index contributed by atoms with van der Waals surface area (Å²) in [4.78, 5) is 26.1. The molecule has 0 radical (unpaired) electrons. The minimum absolute atomic E-state index is 0.0492. The Labute approximate surface area is 176 Å². The molecule has 4 rings (SSSR count). The molecule has 0 unspecified atom stereocenters. The Balaban J connectivity index is 1.53. The third kappa shape index (κ3) is 4.07. The first-order chi connectivity index (χ1) is 14.4. The summed E-state index contributed by atoms with van der Waals surface area (Å²) in [6.45, 7) is 1.95. The van der Waals surface area contributed by atoms with E-state index in [4.69, 9.17) is 0 Å². The fourth-order valence-corrected chi connectivity index (χ4v) is 4.42. The van der Waals surface area contributed by atoms with Gasteiger partial charge in [0.2, 0.25) is 5.91 Å². The van der Waals surface area contributed by atoms with Crippen molar-refractivity contribution in [2.24, 2.45) is 0 Å². The fraction of sp³-hybridized carbons (Fsp3) is 0.130. The number of halogens is 2. The molecule has 2 amide bonds. The molecule has 1 heterocycles. The van der Waals surface area contributed by atoms with Crippen LogP contribution in [0.1, 0.15) is 26.9 Å². The van der Waals surface area contributed by atoms with E-state index in [0.717, 1.165) is 23.3 Å². The quantitative estimate of drug-likeness (QED) is 0.618. The lowest BCUT2D eigenvalue weighted by Crippen LogP contribution is -2.28. The van der Waals surface area contributed by atoms with Crippen LogP contribution in [0.5, 0.6) is 0 Å². The molecular weight excluding hydrogens is 406 g/mol. The Morgan fingerprint density at radius 1 is 1.03 bits per heavy atom. The zero-order valence-corrected chi connectivity index (χ0v) is 16.9. The smallest absolute Gasteiger partial charge is 0.255 e. The minimum atomic E-state index is -0.780. The second-order valence-electron chi connectivity index (χ2n) is 6.96. The molecule has 1 saturated heterocycles. The van der Waals surface area contributed by atoms with Crippen LogP contribution in [0.25, 0.3) is 0 Å². The fourth-order valence-electron chi connectivity index (χ4n) is 3.25. The molecule has 0 spiro atoms. The van der Waals surface area contributed by atoms with Crippen LogP contribution < -0.4 is 10.2 Å². The maximum atomic E-state index is 14.3. The highest BCUT2D eigenvalue weighted by Crippen LogP contribution is 2.42. The van der Waals surface area contributed by atoms with Crippen LogP contribution in [0.3, 0.4) is 0 Å². The van der Waals surface area contributed by atoms with E-state index in [1.54, 1.807) is 36.4 Å². The predicted octanol–water partition coefficient (Wildman–Crippen LogP) is 5.30. The van der Waals surface area contributed by atoms with E-state index in [0.29, 0.717) is 11.3 Å². The largest absolute Gasteiger partial charge is 0.322 e. The van der Waals surface area contributed by atoms with Crippen LogP contribution in [0.2, 0.25) is 0 Å². The number of aryl methyl sites for hydroxylation is 1. The van der Waals surface area contributed by atoms with Gasteiger partial charge in [0.15, 0.2) is 0 Å². The van der Waals surface area contributed by atoms with Crippen molar-refractivity contribution in [3.63, 3.8) is 0 Å². The molecule has 1 fully saturated rings. The number of carbonyl (C=O) groups excluding carboxylic acids is 2. The molecule has 152 valence electrons. The number of thioether (sulfide) groups is 1. The van der Waals surface area contributed by atoms with Crippen molar-refractivity contribution in [1.29, 1.82) is 0 Å². The van der Waals surface area contributed by atoms with E-state index in [9.17, 15) is 18.4 Å². The van der Waals surface area contributed by atoms with Crippen LogP contribution in [0, 0.1) is 18.6 Å². The number of hydrogen-bond donors (Lipinski definition) is 1. The van der Waals surface area contributed by atoms with Crippen LogP contribution in [0.4, 0.5) is 20.2 Å². The van der Waals surface area contributed by atoms with Crippen LogP contribution in [-0.2, 0) is 4.79 Å². The van der Waals surface area contributed by atoms with Gasteiger partial charge in [0.05, 0.1) is 11.4 Å². The highest BCUT2D eigenvalue weighted by atomic mass is 32.2. The first-order valence-corrected chi connectivity index (χ1v) is 10.3. The van der Waals surface area contributed by atoms with Crippen LogP contribution in [0.15, 0.2) is 66.7 Å².